The molecule has 1 aromatic carbocycles. The minimum atomic E-state index is 0.136. The molecule has 1 saturated heterocycles. The number of likely N-dealkylation sites (tertiary alicyclic amines) is 1. The normalized spacial score (nSPS) is 17.6. The van der Waals surface area contributed by atoms with Gasteiger partial charge in [-0.1, -0.05) is 19.1 Å². The van der Waals surface area contributed by atoms with Crippen LogP contribution in [0.3, 0.4) is 0 Å². The third kappa shape index (κ3) is 3.71. The number of ether oxygens (including phenoxy) is 1. The van der Waals surface area contributed by atoms with Crippen LogP contribution in [-0.2, 0) is 6.42 Å². The van der Waals surface area contributed by atoms with Crippen molar-refractivity contribution >= 4 is 0 Å². The zero-order valence-corrected chi connectivity index (χ0v) is 12.2. The van der Waals surface area contributed by atoms with Gasteiger partial charge in [-0.15, -0.1) is 0 Å². The van der Waals surface area contributed by atoms with Gasteiger partial charge in [0.2, 0.25) is 0 Å². The first-order valence-corrected chi connectivity index (χ1v) is 7.39. The van der Waals surface area contributed by atoms with Gasteiger partial charge in [-0.05, 0) is 62.5 Å². The van der Waals surface area contributed by atoms with E-state index in [-0.39, 0.29) is 6.04 Å². The van der Waals surface area contributed by atoms with Crippen LogP contribution in [0.2, 0.25) is 0 Å². The lowest BCUT2D eigenvalue weighted by Gasteiger charge is -2.19. The molecule has 3 heteroatoms. The lowest BCUT2D eigenvalue weighted by atomic mass is 10.00. The van der Waals surface area contributed by atoms with Gasteiger partial charge in [-0.2, -0.15) is 0 Å². The molecule has 1 aromatic rings. The van der Waals surface area contributed by atoms with Crippen LogP contribution in [0.4, 0.5) is 0 Å². The number of benzene rings is 1. The minimum Gasteiger partial charge on any atom is -0.496 e. The fourth-order valence-corrected chi connectivity index (χ4v) is 2.80. The largest absolute Gasteiger partial charge is 0.496 e. The fraction of sp³-hybridized carbons (Fsp3) is 0.625. The van der Waals surface area contributed by atoms with Crippen molar-refractivity contribution in [3.05, 3.63) is 29.3 Å². The molecular weight excluding hydrogens is 236 g/mol. The molecule has 2 N–H and O–H groups in total. The second-order valence-electron chi connectivity index (χ2n) is 5.37. The van der Waals surface area contributed by atoms with Crippen molar-refractivity contribution in [3.8, 4) is 5.75 Å². The Labute approximate surface area is 116 Å². The molecule has 106 valence electrons. The first kappa shape index (κ1) is 14.4. The molecule has 0 spiro atoms. The zero-order valence-electron chi connectivity index (χ0n) is 12.2. The van der Waals surface area contributed by atoms with E-state index in [1.54, 1.807) is 7.11 Å². The smallest absolute Gasteiger partial charge is 0.122 e. The Morgan fingerprint density at radius 3 is 2.68 bits per heavy atom. The first-order chi connectivity index (χ1) is 9.24. The van der Waals surface area contributed by atoms with E-state index < -0.39 is 0 Å². The Bertz CT molecular complexity index is 400. The topological polar surface area (TPSA) is 38.5 Å². The average Bonchev–Trinajstić information content (AvgIpc) is 2.97. The molecule has 1 atom stereocenters. The van der Waals surface area contributed by atoms with Crippen LogP contribution < -0.4 is 10.5 Å². The summed E-state index contributed by atoms with van der Waals surface area (Å²) in [6, 6.07) is 6.49. The van der Waals surface area contributed by atoms with Gasteiger partial charge in [0.15, 0.2) is 0 Å². The summed E-state index contributed by atoms with van der Waals surface area (Å²) in [4.78, 5) is 2.52. The Morgan fingerprint density at radius 1 is 1.32 bits per heavy atom. The summed E-state index contributed by atoms with van der Waals surface area (Å²) < 4.78 is 5.36. The molecule has 2 rings (SSSR count). The number of hydrogen-bond donors (Lipinski definition) is 1. The molecule has 0 bridgehead atoms. The molecule has 1 fully saturated rings. The molecule has 1 unspecified atom stereocenters. The van der Waals surface area contributed by atoms with Gasteiger partial charge in [0, 0.05) is 6.04 Å². The molecular formula is C16H26N2O. The Hall–Kier alpha value is -1.06. The monoisotopic (exact) mass is 262 g/mol. The number of rotatable bonds is 6. The van der Waals surface area contributed by atoms with E-state index in [9.17, 15) is 0 Å². The summed E-state index contributed by atoms with van der Waals surface area (Å²) in [5, 5.41) is 0. The quantitative estimate of drug-likeness (QED) is 0.856. The summed E-state index contributed by atoms with van der Waals surface area (Å²) in [6.07, 6.45) is 4.71. The van der Waals surface area contributed by atoms with E-state index in [2.05, 4.69) is 24.0 Å². The maximum absolute atomic E-state index is 6.32. The maximum atomic E-state index is 6.32. The average molecular weight is 262 g/mol. The van der Waals surface area contributed by atoms with Crippen molar-refractivity contribution < 1.29 is 4.74 Å². The number of nitrogens with two attached hydrogens (primary N) is 1. The maximum Gasteiger partial charge on any atom is 0.122 e. The van der Waals surface area contributed by atoms with E-state index in [0.717, 1.165) is 25.1 Å². The molecule has 1 aliphatic heterocycles. The van der Waals surface area contributed by atoms with Crippen LogP contribution in [-0.4, -0.2) is 31.6 Å². The van der Waals surface area contributed by atoms with Crippen molar-refractivity contribution in [1.82, 2.24) is 4.90 Å². The van der Waals surface area contributed by atoms with Crippen LogP contribution in [0.5, 0.6) is 5.75 Å². The molecule has 0 saturated carbocycles. The van der Waals surface area contributed by atoms with Gasteiger partial charge in [0.1, 0.15) is 5.75 Å². The third-order valence-corrected chi connectivity index (χ3v) is 4.07. The van der Waals surface area contributed by atoms with Crippen LogP contribution in [0, 0.1) is 0 Å². The van der Waals surface area contributed by atoms with E-state index in [4.69, 9.17) is 10.5 Å². The molecule has 0 aliphatic carbocycles. The van der Waals surface area contributed by atoms with Crippen molar-refractivity contribution in [2.24, 2.45) is 5.73 Å². The van der Waals surface area contributed by atoms with Crippen LogP contribution in [0.25, 0.3) is 0 Å². The first-order valence-electron chi connectivity index (χ1n) is 7.39. The predicted molar refractivity (Wildman–Crippen MR) is 79.6 cm³/mol. The Morgan fingerprint density at radius 2 is 2.05 bits per heavy atom. The van der Waals surface area contributed by atoms with Gasteiger partial charge < -0.3 is 15.4 Å². The van der Waals surface area contributed by atoms with E-state index in [1.807, 2.05) is 6.07 Å². The second-order valence-corrected chi connectivity index (χ2v) is 5.37. The molecule has 0 amide bonds. The van der Waals surface area contributed by atoms with Gasteiger partial charge >= 0.3 is 0 Å². The third-order valence-electron chi connectivity index (χ3n) is 4.07. The highest BCUT2D eigenvalue weighted by Crippen LogP contribution is 2.24. The summed E-state index contributed by atoms with van der Waals surface area (Å²) in [6.45, 7) is 5.76. The van der Waals surface area contributed by atoms with Gasteiger partial charge in [-0.3, -0.25) is 0 Å². The summed E-state index contributed by atoms with van der Waals surface area (Å²) in [5.74, 6) is 0.970. The minimum absolute atomic E-state index is 0.136. The molecule has 1 heterocycles. The van der Waals surface area contributed by atoms with E-state index >= 15 is 0 Å². The predicted octanol–water partition coefficient (Wildman–Crippen LogP) is 2.74. The second kappa shape index (κ2) is 6.92. The Kier molecular flexibility index (Phi) is 5.23. The van der Waals surface area contributed by atoms with Crippen molar-refractivity contribution in [3.63, 3.8) is 0 Å². The number of nitrogens with zero attached hydrogens (tertiary/aromatic N) is 1. The van der Waals surface area contributed by atoms with Gasteiger partial charge in [-0.25, -0.2) is 0 Å². The molecule has 3 nitrogen and oxygen atoms in total. The highest BCUT2D eigenvalue weighted by atomic mass is 16.5. The van der Waals surface area contributed by atoms with Crippen LogP contribution in [0.15, 0.2) is 18.2 Å². The van der Waals surface area contributed by atoms with Crippen molar-refractivity contribution in [1.29, 1.82) is 0 Å². The van der Waals surface area contributed by atoms with Gasteiger partial charge in [0.25, 0.3) is 0 Å². The van der Waals surface area contributed by atoms with E-state index in [0.29, 0.717) is 0 Å². The van der Waals surface area contributed by atoms with Crippen LogP contribution >= 0.6 is 0 Å². The molecule has 1 aliphatic rings. The lowest BCUT2D eigenvalue weighted by molar-refractivity contribution is 0.322. The van der Waals surface area contributed by atoms with Crippen molar-refractivity contribution in [2.75, 3.05) is 26.7 Å². The van der Waals surface area contributed by atoms with Crippen LogP contribution in [0.1, 0.15) is 43.4 Å². The standard InChI is InChI=1S/C16H26N2O/c1-3-13-12-14(6-7-16(13)19-2)15(17)8-11-18-9-4-5-10-18/h6-7,12,15H,3-5,8-11,17H2,1-2H3. The fourth-order valence-electron chi connectivity index (χ4n) is 2.80. The molecule has 19 heavy (non-hydrogen) atoms. The highest BCUT2D eigenvalue weighted by molar-refractivity contribution is 5.38. The summed E-state index contributed by atoms with van der Waals surface area (Å²) >= 11 is 0. The Balaban J connectivity index is 1.95. The number of methoxy groups -OCH3 is 1. The SMILES string of the molecule is CCc1cc(C(N)CCN2CCCC2)ccc1OC. The molecule has 0 aromatic heterocycles. The van der Waals surface area contributed by atoms with E-state index in [1.165, 1.54) is 37.1 Å². The summed E-state index contributed by atoms with van der Waals surface area (Å²) in [5.41, 5.74) is 8.80. The summed E-state index contributed by atoms with van der Waals surface area (Å²) in [7, 11) is 1.72. The molecule has 0 radical (unpaired) electrons. The zero-order chi connectivity index (χ0) is 13.7. The number of hydrogen-bond acceptors (Lipinski definition) is 3. The lowest BCUT2D eigenvalue weighted by Crippen LogP contribution is -2.24. The van der Waals surface area contributed by atoms with Gasteiger partial charge in [0.05, 0.1) is 7.11 Å². The highest BCUT2D eigenvalue weighted by Gasteiger charge is 2.14. The number of aryl methyl sites for hydroxylation is 1. The van der Waals surface area contributed by atoms with Crippen molar-refractivity contribution in [2.45, 2.75) is 38.6 Å².